The Kier molecular flexibility index (Phi) is 6.31. The van der Waals surface area contributed by atoms with Crippen molar-refractivity contribution in [3.8, 4) is 6.07 Å². The van der Waals surface area contributed by atoms with Crippen LogP contribution in [0.4, 0.5) is 5.69 Å². The summed E-state index contributed by atoms with van der Waals surface area (Å²) in [5, 5.41) is 16.0. The van der Waals surface area contributed by atoms with Crippen molar-refractivity contribution in [2.24, 2.45) is 0 Å². The molecule has 0 aliphatic heterocycles. The van der Waals surface area contributed by atoms with Crippen LogP contribution in [0.15, 0.2) is 23.0 Å². The molecule has 0 saturated heterocycles. The maximum absolute atomic E-state index is 12.4. The Bertz CT molecular complexity index is 1030. The average Bonchev–Trinajstić information content (AvgIpc) is 2.63. The van der Waals surface area contributed by atoms with E-state index in [0.29, 0.717) is 16.9 Å². The summed E-state index contributed by atoms with van der Waals surface area (Å²) in [6, 6.07) is 7.57. The Hall–Kier alpha value is -3.47. The molecular formula is C20H23N5O3. The molecule has 0 aliphatic rings. The van der Waals surface area contributed by atoms with Gasteiger partial charge in [-0.05, 0) is 50.5 Å². The number of aryl methyl sites for hydroxylation is 3. The van der Waals surface area contributed by atoms with Crippen molar-refractivity contribution in [2.45, 2.75) is 34.2 Å². The van der Waals surface area contributed by atoms with Gasteiger partial charge in [0.1, 0.15) is 18.2 Å². The number of amides is 2. The minimum absolute atomic E-state index is 0.0318. The van der Waals surface area contributed by atoms with Gasteiger partial charge >= 0.3 is 0 Å². The number of nitrogens with one attached hydrogen (secondary N) is 1. The summed E-state index contributed by atoms with van der Waals surface area (Å²) in [6.45, 7) is 6.60. The van der Waals surface area contributed by atoms with Gasteiger partial charge in [0.15, 0.2) is 0 Å². The summed E-state index contributed by atoms with van der Waals surface area (Å²) in [7, 11) is 1.47. The van der Waals surface area contributed by atoms with Crippen LogP contribution in [0.25, 0.3) is 0 Å². The largest absolute Gasteiger partial charge is 0.335 e. The highest BCUT2D eigenvalue weighted by atomic mass is 16.2. The molecule has 0 unspecified atom stereocenters. The van der Waals surface area contributed by atoms with Crippen molar-refractivity contribution in [1.82, 2.24) is 14.7 Å². The molecule has 0 spiro atoms. The first-order chi connectivity index (χ1) is 13.1. The first-order valence-electron chi connectivity index (χ1n) is 8.73. The molecule has 146 valence electrons. The summed E-state index contributed by atoms with van der Waals surface area (Å²) in [5.74, 6) is -0.805. The highest BCUT2D eigenvalue weighted by molar-refractivity contribution is 5.95. The first-order valence-corrected chi connectivity index (χ1v) is 8.73. The number of carbonyl (C=O) groups is 2. The van der Waals surface area contributed by atoms with E-state index in [1.54, 1.807) is 13.8 Å². The van der Waals surface area contributed by atoms with Crippen molar-refractivity contribution in [3.05, 3.63) is 56.5 Å². The maximum atomic E-state index is 12.4. The number of aromatic nitrogens is 2. The van der Waals surface area contributed by atoms with E-state index in [1.165, 1.54) is 11.9 Å². The monoisotopic (exact) mass is 381 g/mol. The number of nitrogens with zero attached hydrogens (tertiary/aromatic N) is 4. The topological polar surface area (TPSA) is 108 Å². The zero-order chi connectivity index (χ0) is 21.0. The van der Waals surface area contributed by atoms with E-state index in [4.69, 9.17) is 5.26 Å². The van der Waals surface area contributed by atoms with Gasteiger partial charge < -0.3 is 10.2 Å². The minimum atomic E-state index is -0.618. The van der Waals surface area contributed by atoms with Crippen LogP contribution < -0.4 is 10.9 Å². The highest BCUT2D eigenvalue weighted by Crippen LogP contribution is 2.16. The predicted octanol–water partition coefficient (Wildman–Crippen LogP) is 1.45. The minimum Gasteiger partial charge on any atom is -0.335 e. The highest BCUT2D eigenvalue weighted by Gasteiger charge is 2.18. The predicted molar refractivity (Wildman–Crippen MR) is 105 cm³/mol. The zero-order valence-electron chi connectivity index (χ0n) is 16.7. The third-order valence-corrected chi connectivity index (χ3v) is 4.51. The Balaban J connectivity index is 2.08. The number of likely N-dealkylation sites (N-methyl/N-ethyl adjacent to an activating group) is 1. The summed E-state index contributed by atoms with van der Waals surface area (Å²) in [4.78, 5) is 38.2. The van der Waals surface area contributed by atoms with Crippen LogP contribution in [0.2, 0.25) is 0 Å². The molecule has 8 heteroatoms. The standard InChI is InChI=1S/C20H23N5O3/c1-12-6-7-13(2)17(8-12)22-18(26)10-24(5)19(27)11-25-20(28)16(9-21)14(3)15(4)23-25/h6-8H,10-11H2,1-5H3,(H,22,26). The van der Waals surface area contributed by atoms with Gasteiger partial charge in [-0.2, -0.15) is 10.4 Å². The van der Waals surface area contributed by atoms with Crippen molar-refractivity contribution >= 4 is 17.5 Å². The van der Waals surface area contributed by atoms with Crippen LogP contribution in [0.1, 0.15) is 27.9 Å². The molecule has 2 rings (SSSR count). The number of hydrogen-bond acceptors (Lipinski definition) is 5. The fourth-order valence-corrected chi connectivity index (χ4v) is 2.62. The van der Waals surface area contributed by atoms with Crippen LogP contribution in [0.3, 0.4) is 0 Å². The fraction of sp³-hybridized carbons (Fsp3) is 0.350. The zero-order valence-corrected chi connectivity index (χ0v) is 16.7. The maximum Gasteiger partial charge on any atom is 0.285 e. The number of anilines is 1. The Morgan fingerprint density at radius 2 is 1.93 bits per heavy atom. The van der Waals surface area contributed by atoms with Gasteiger partial charge in [0.2, 0.25) is 11.8 Å². The lowest BCUT2D eigenvalue weighted by molar-refractivity contribution is -0.134. The van der Waals surface area contributed by atoms with Gasteiger partial charge in [-0.3, -0.25) is 14.4 Å². The molecule has 1 aromatic heterocycles. The van der Waals surface area contributed by atoms with Gasteiger partial charge in [0.05, 0.1) is 12.2 Å². The lowest BCUT2D eigenvalue weighted by Gasteiger charge is -2.18. The van der Waals surface area contributed by atoms with Crippen LogP contribution in [0.5, 0.6) is 0 Å². The van der Waals surface area contributed by atoms with Gasteiger partial charge in [-0.15, -0.1) is 0 Å². The van der Waals surface area contributed by atoms with E-state index in [1.807, 2.05) is 38.1 Å². The summed E-state index contributed by atoms with van der Waals surface area (Å²) < 4.78 is 0.961. The van der Waals surface area contributed by atoms with E-state index in [2.05, 4.69) is 10.4 Å². The molecule has 0 saturated carbocycles. The SMILES string of the molecule is Cc1ccc(C)c(NC(=O)CN(C)C(=O)Cn2nc(C)c(C)c(C#N)c2=O)c1. The van der Waals surface area contributed by atoms with E-state index < -0.39 is 11.5 Å². The van der Waals surface area contributed by atoms with E-state index >= 15 is 0 Å². The van der Waals surface area contributed by atoms with E-state index in [0.717, 1.165) is 15.8 Å². The number of benzene rings is 1. The molecule has 0 aliphatic carbocycles. The molecule has 1 heterocycles. The molecule has 2 amide bonds. The van der Waals surface area contributed by atoms with Crippen LogP contribution in [0, 0.1) is 39.0 Å². The summed E-state index contributed by atoms with van der Waals surface area (Å²) in [6.07, 6.45) is 0. The summed E-state index contributed by atoms with van der Waals surface area (Å²) in [5.41, 5.74) is 2.97. The van der Waals surface area contributed by atoms with Gasteiger partial charge in [0, 0.05) is 12.7 Å². The Labute approximate surface area is 163 Å². The Morgan fingerprint density at radius 1 is 1.25 bits per heavy atom. The van der Waals surface area contributed by atoms with E-state index in [-0.39, 0.29) is 24.6 Å². The average molecular weight is 381 g/mol. The van der Waals surface area contributed by atoms with E-state index in [9.17, 15) is 14.4 Å². The molecule has 8 nitrogen and oxygen atoms in total. The molecule has 0 fully saturated rings. The lowest BCUT2D eigenvalue weighted by Crippen LogP contribution is -2.40. The second kappa shape index (κ2) is 8.48. The van der Waals surface area contributed by atoms with Crippen LogP contribution >= 0.6 is 0 Å². The number of rotatable bonds is 5. The Morgan fingerprint density at radius 3 is 2.57 bits per heavy atom. The summed E-state index contributed by atoms with van der Waals surface area (Å²) >= 11 is 0. The van der Waals surface area contributed by atoms with Gasteiger partial charge in [-0.25, -0.2) is 4.68 Å². The second-order valence-electron chi connectivity index (χ2n) is 6.78. The fourth-order valence-electron chi connectivity index (χ4n) is 2.62. The lowest BCUT2D eigenvalue weighted by atomic mass is 10.1. The number of nitriles is 1. The van der Waals surface area contributed by atoms with Crippen LogP contribution in [-0.2, 0) is 16.1 Å². The molecule has 28 heavy (non-hydrogen) atoms. The van der Waals surface area contributed by atoms with Crippen molar-refractivity contribution in [3.63, 3.8) is 0 Å². The molecule has 0 atom stereocenters. The van der Waals surface area contributed by atoms with Crippen molar-refractivity contribution < 1.29 is 9.59 Å². The molecule has 1 aromatic carbocycles. The second-order valence-corrected chi connectivity index (χ2v) is 6.78. The quantitative estimate of drug-likeness (QED) is 0.843. The third kappa shape index (κ3) is 4.62. The molecule has 0 radical (unpaired) electrons. The van der Waals surface area contributed by atoms with Gasteiger partial charge in [-0.1, -0.05) is 12.1 Å². The molecule has 1 N–H and O–H groups in total. The third-order valence-electron chi connectivity index (χ3n) is 4.51. The van der Waals surface area contributed by atoms with Crippen LogP contribution in [-0.4, -0.2) is 40.1 Å². The van der Waals surface area contributed by atoms with Crippen molar-refractivity contribution in [1.29, 1.82) is 5.26 Å². The normalized spacial score (nSPS) is 10.3. The first kappa shape index (κ1) is 20.8. The van der Waals surface area contributed by atoms with Gasteiger partial charge in [0.25, 0.3) is 5.56 Å². The smallest absolute Gasteiger partial charge is 0.285 e. The van der Waals surface area contributed by atoms with Crippen molar-refractivity contribution in [2.75, 3.05) is 18.9 Å². The molecule has 2 aromatic rings. The number of carbonyl (C=O) groups excluding carboxylic acids is 2. The molecule has 0 bridgehead atoms. The number of hydrogen-bond donors (Lipinski definition) is 1. The molecular weight excluding hydrogens is 358 g/mol.